The highest BCUT2D eigenvalue weighted by atomic mass is 16.2. The van der Waals surface area contributed by atoms with E-state index in [4.69, 9.17) is 0 Å². The first-order valence-electron chi connectivity index (χ1n) is 7.13. The van der Waals surface area contributed by atoms with E-state index in [1.54, 1.807) is 24.3 Å². The lowest BCUT2D eigenvalue weighted by Crippen LogP contribution is -2.43. The summed E-state index contributed by atoms with van der Waals surface area (Å²) in [7, 11) is 0. The minimum absolute atomic E-state index is 0.0299. The van der Waals surface area contributed by atoms with Gasteiger partial charge in [-0.3, -0.25) is 9.59 Å². The molecule has 0 bridgehead atoms. The van der Waals surface area contributed by atoms with Crippen molar-refractivity contribution in [2.24, 2.45) is 0 Å². The minimum atomic E-state index is -0.128. The van der Waals surface area contributed by atoms with Gasteiger partial charge in [-0.05, 0) is 44.5 Å². The van der Waals surface area contributed by atoms with E-state index in [0.717, 1.165) is 25.8 Å². The molecule has 108 valence electrons. The van der Waals surface area contributed by atoms with Crippen LogP contribution in [0.15, 0.2) is 24.3 Å². The van der Waals surface area contributed by atoms with Crippen molar-refractivity contribution < 1.29 is 9.59 Å². The molecule has 1 saturated heterocycles. The molecule has 0 radical (unpaired) electrons. The second-order valence-corrected chi connectivity index (χ2v) is 4.93. The Morgan fingerprint density at radius 2 is 2.20 bits per heavy atom. The molecule has 1 aliphatic rings. The third kappa shape index (κ3) is 3.81. The first-order chi connectivity index (χ1) is 9.70. The Kier molecular flexibility index (Phi) is 5.12. The Balaban J connectivity index is 2.00. The highest BCUT2D eigenvalue weighted by Crippen LogP contribution is 2.13. The molecule has 5 heteroatoms. The van der Waals surface area contributed by atoms with Gasteiger partial charge in [0.25, 0.3) is 5.91 Å². The monoisotopic (exact) mass is 275 g/mol. The maximum absolute atomic E-state index is 12.1. The van der Waals surface area contributed by atoms with E-state index < -0.39 is 0 Å². The van der Waals surface area contributed by atoms with E-state index in [9.17, 15) is 9.59 Å². The fourth-order valence-corrected chi connectivity index (χ4v) is 2.31. The standard InChI is InChI=1S/C15H21N3O2/c1-2-16-14(19)11-6-5-7-12(10-11)18-15(20)13-8-3-4-9-17-13/h5-7,10,13,17H,2-4,8-9H2,1H3,(H,16,19)(H,18,20)/t13-/m1/s1. The fraction of sp³-hybridized carbons (Fsp3) is 0.467. The third-order valence-electron chi connectivity index (χ3n) is 3.36. The summed E-state index contributed by atoms with van der Waals surface area (Å²) in [5.74, 6) is -0.155. The number of carbonyl (C=O) groups is 2. The SMILES string of the molecule is CCNC(=O)c1cccc(NC(=O)[C@H]2CCCCN2)c1. The van der Waals surface area contributed by atoms with Gasteiger partial charge in [-0.2, -0.15) is 0 Å². The van der Waals surface area contributed by atoms with Crippen molar-refractivity contribution in [3.05, 3.63) is 29.8 Å². The van der Waals surface area contributed by atoms with Crippen LogP contribution in [0.25, 0.3) is 0 Å². The smallest absolute Gasteiger partial charge is 0.251 e. The summed E-state index contributed by atoms with van der Waals surface area (Å²) < 4.78 is 0. The quantitative estimate of drug-likeness (QED) is 0.780. The molecule has 5 nitrogen and oxygen atoms in total. The summed E-state index contributed by atoms with van der Waals surface area (Å²) in [5, 5.41) is 8.81. The first-order valence-corrected chi connectivity index (χ1v) is 7.13. The molecule has 0 unspecified atom stereocenters. The summed E-state index contributed by atoms with van der Waals surface area (Å²) in [4.78, 5) is 23.8. The van der Waals surface area contributed by atoms with E-state index in [0.29, 0.717) is 17.8 Å². The summed E-state index contributed by atoms with van der Waals surface area (Å²) in [6.45, 7) is 3.34. The molecule has 0 aromatic heterocycles. The predicted octanol–water partition coefficient (Wildman–Crippen LogP) is 1.52. The lowest BCUT2D eigenvalue weighted by Gasteiger charge is -2.22. The van der Waals surface area contributed by atoms with Gasteiger partial charge in [-0.1, -0.05) is 12.5 Å². The van der Waals surface area contributed by atoms with Crippen molar-refractivity contribution in [3.63, 3.8) is 0 Å². The van der Waals surface area contributed by atoms with Crippen LogP contribution in [0.3, 0.4) is 0 Å². The number of rotatable bonds is 4. The van der Waals surface area contributed by atoms with E-state index >= 15 is 0 Å². The van der Waals surface area contributed by atoms with Crippen LogP contribution in [0.4, 0.5) is 5.69 Å². The molecule has 0 spiro atoms. The van der Waals surface area contributed by atoms with Crippen molar-refractivity contribution in [2.45, 2.75) is 32.2 Å². The van der Waals surface area contributed by atoms with Crippen LogP contribution in [0.2, 0.25) is 0 Å². The topological polar surface area (TPSA) is 70.2 Å². The number of hydrogen-bond donors (Lipinski definition) is 3. The van der Waals surface area contributed by atoms with Gasteiger partial charge in [0.1, 0.15) is 0 Å². The molecular weight excluding hydrogens is 254 g/mol. The van der Waals surface area contributed by atoms with Crippen molar-refractivity contribution in [1.29, 1.82) is 0 Å². The van der Waals surface area contributed by atoms with Crippen molar-refractivity contribution in [2.75, 3.05) is 18.4 Å². The second-order valence-electron chi connectivity index (χ2n) is 4.93. The molecule has 1 aromatic rings. The van der Waals surface area contributed by atoms with Gasteiger partial charge in [-0.15, -0.1) is 0 Å². The van der Waals surface area contributed by atoms with E-state index in [2.05, 4.69) is 16.0 Å². The highest BCUT2D eigenvalue weighted by molar-refractivity contribution is 5.98. The molecule has 1 fully saturated rings. The van der Waals surface area contributed by atoms with Crippen LogP contribution in [-0.4, -0.2) is 30.9 Å². The normalized spacial score (nSPS) is 18.4. The molecule has 0 saturated carbocycles. The van der Waals surface area contributed by atoms with Crippen LogP contribution in [-0.2, 0) is 4.79 Å². The van der Waals surface area contributed by atoms with Gasteiger partial charge >= 0.3 is 0 Å². The molecular formula is C15H21N3O2. The Morgan fingerprint density at radius 1 is 1.35 bits per heavy atom. The first kappa shape index (κ1) is 14.5. The number of anilines is 1. The highest BCUT2D eigenvalue weighted by Gasteiger charge is 2.20. The molecule has 1 aromatic carbocycles. The maximum atomic E-state index is 12.1. The zero-order valence-electron chi connectivity index (χ0n) is 11.7. The lowest BCUT2D eigenvalue weighted by atomic mass is 10.0. The zero-order valence-corrected chi connectivity index (χ0v) is 11.7. The lowest BCUT2D eigenvalue weighted by molar-refractivity contribution is -0.118. The van der Waals surface area contributed by atoms with Gasteiger partial charge in [-0.25, -0.2) is 0 Å². The summed E-state index contributed by atoms with van der Waals surface area (Å²) in [6.07, 6.45) is 3.06. The Morgan fingerprint density at radius 3 is 2.90 bits per heavy atom. The summed E-state index contributed by atoms with van der Waals surface area (Å²) >= 11 is 0. The number of carbonyl (C=O) groups excluding carboxylic acids is 2. The molecule has 1 heterocycles. The van der Waals surface area contributed by atoms with Gasteiger partial charge in [0.2, 0.25) is 5.91 Å². The summed E-state index contributed by atoms with van der Waals surface area (Å²) in [6, 6.07) is 6.88. The van der Waals surface area contributed by atoms with Gasteiger partial charge < -0.3 is 16.0 Å². The largest absolute Gasteiger partial charge is 0.352 e. The van der Waals surface area contributed by atoms with Crippen molar-refractivity contribution in [3.8, 4) is 0 Å². The number of hydrogen-bond acceptors (Lipinski definition) is 3. The molecule has 2 amide bonds. The maximum Gasteiger partial charge on any atom is 0.251 e. The van der Waals surface area contributed by atoms with Gasteiger partial charge in [0.05, 0.1) is 6.04 Å². The number of benzene rings is 1. The molecule has 1 aliphatic heterocycles. The molecule has 1 atom stereocenters. The average Bonchev–Trinajstić information content (AvgIpc) is 2.48. The number of nitrogens with one attached hydrogen (secondary N) is 3. The second kappa shape index (κ2) is 7.05. The van der Waals surface area contributed by atoms with Crippen molar-refractivity contribution >= 4 is 17.5 Å². The Hall–Kier alpha value is -1.88. The fourth-order valence-electron chi connectivity index (χ4n) is 2.31. The summed E-state index contributed by atoms with van der Waals surface area (Å²) in [5.41, 5.74) is 1.22. The molecule has 3 N–H and O–H groups in total. The molecule has 0 aliphatic carbocycles. The average molecular weight is 275 g/mol. The van der Waals surface area contributed by atoms with Crippen LogP contribution in [0.1, 0.15) is 36.5 Å². The van der Waals surface area contributed by atoms with Gasteiger partial charge in [0.15, 0.2) is 0 Å². The van der Waals surface area contributed by atoms with Crippen LogP contribution >= 0.6 is 0 Å². The zero-order chi connectivity index (χ0) is 14.4. The van der Waals surface area contributed by atoms with E-state index in [-0.39, 0.29) is 17.9 Å². The third-order valence-corrected chi connectivity index (χ3v) is 3.36. The Bertz CT molecular complexity index is 482. The van der Waals surface area contributed by atoms with Gasteiger partial charge in [0, 0.05) is 17.8 Å². The van der Waals surface area contributed by atoms with Crippen LogP contribution < -0.4 is 16.0 Å². The molecule has 20 heavy (non-hydrogen) atoms. The number of piperidine rings is 1. The van der Waals surface area contributed by atoms with Crippen LogP contribution in [0, 0.1) is 0 Å². The molecule has 2 rings (SSSR count). The van der Waals surface area contributed by atoms with Crippen LogP contribution in [0.5, 0.6) is 0 Å². The number of amides is 2. The Labute approximate surface area is 119 Å². The van der Waals surface area contributed by atoms with Crippen molar-refractivity contribution in [1.82, 2.24) is 10.6 Å². The minimum Gasteiger partial charge on any atom is -0.352 e. The van der Waals surface area contributed by atoms with E-state index in [1.165, 1.54) is 0 Å². The predicted molar refractivity (Wildman–Crippen MR) is 78.7 cm³/mol. The van der Waals surface area contributed by atoms with E-state index in [1.807, 2.05) is 6.92 Å².